The number of rotatable bonds is 2. The van der Waals surface area contributed by atoms with Crippen molar-refractivity contribution >= 4 is 17.6 Å². The number of nitrogens with one attached hydrogen (secondary N) is 1. The van der Waals surface area contributed by atoms with Crippen molar-refractivity contribution in [1.82, 2.24) is 10.3 Å². The van der Waals surface area contributed by atoms with E-state index in [1.54, 1.807) is 12.3 Å². The molecule has 16 heavy (non-hydrogen) atoms. The topological polar surface area (TPSA) is 51.2 Å². The second-order valence-corrected chi connectivity index (χ2v) is 4.23. The number of halogens is 1. The van der Waals surface area contributed by atoms with Gasteiger partial charge in [0, 0.05) is 30.9 Å². The van der Waals surface area contributed by atoms with Crippen molar-refractivity contribution in [3.8, 4) is 0 Å². The number of pyridine rings is 1. The van der Waals surface area contributed by atoms with Crippen molar-refractivity contribution in [3.63, 3.8) is 0 Å². The molecule has 0 saturated carbocycles. The molecule has 0 radical (unpaired) electrons. The van der Waals surface area contributed by atoms with Gasteiger partial charge in [0.1, 0.15) is 0 Å². The number of carbonyl (C=O) groups excluding carboxylic acids is 1. The molecule has 2 rings (SSSR count). The van der Waals surface area contributed by atoms with Crippen LogP contribution in [0.15, 0.2) is 18.3 Å². The molecule has 4 nitrogen and oxygen atoms in total. The molecule has 0 aliphatic carbocycles. The third-order valence-electron chi connectivity index (χ3n) is 2.85. The van der Waals surface area contributed by atoms with Crippen LogP contribution < -0.4 is 5.32 Å². The zero-order valence-corrected chi connectivity index (χ0v) is 9.70. The molecule has 0 aromatic carbocycles. The van der Waals surface area contributed by atoms with E-state index in [9.17, 15) is 4.79 Å². The van der Waals surface area contributed by atoms with Crippen LogP contribution in [-0.4, -0.2) is 31.2 Å². The van der Waals surface area contributed by atoms with Gasteiger partial charge in [0.2, 0.25) is 0 Å². The predicted octanol–water partition coefficient (Wildman–Crippen LogP) is 1.21. The maximum absolute atomic E-state index is 11.5. The summed E-state index contributed by atoms with van der Waals surface area (Å²) in [6, 6.07) is 3.65. The van der Waals surface area contributed by atoms with Crippen molar-refractivity contribution in [3.05, 3.63) is 29.0 Å². The van der Waals surface area contributed by atoms with Crippen LogP contribution in [0.5, 0.6) is 0 Å². The minimum absolute atomic E-state index is 0.0738. The number of hydrogen-bond donors (Lipinski definition) is 1. The van der Waals surface area contributed by atoms with Gasteiger partial charge >= 0.3 is 5.97 Å². The fourth-order valence-electron chi connectivity index (χ4n) is 2.00. The Bertz CT molecular complexity index is 380. The molecule has 2 heterocycles. The highest BCUT2D eigenvalue weighted by atomic mass is 35.5. The van der Waals surface area contributed by atoms with Gasteiger partial charge in [0.05, 0.1) is 18.1 Å². The lowest BCUT2D eigenvalue weighted by molar-refractivity contribution is -0.145. The van der Waals surface area contributed by atoms with E-state index in [0.29, 0.717) is 11.6 Å². The molecule has 5 heteroatoms. The van der Waals surface area contributed by atoms with Gasteiger partial charge < -0.3 is 10.1 Å². The van der Waals surface area contributed by atoms with E-state index in [1.807, 2.05) is 6.07 Å². The maximum Gasteiger partial charge on any atom is 0.310 e. The smallest absolute Gasteiger partial charge is 0.310 e. The number of esters is 1. The molecule has 0 bridgehead atoms. The average Bonchev–Trinajstić information content (AvgIpc) is 2.78. The SMILES string of the molecule is COC(=O)[C@@H]1CNC[C@H]1c1ccc(Cl)cn1. The Morgan fingerprint density at radius 2 is 2.38 bits per heavy atom. The van der Waals surface area contributed by atoms with Gasteiger partial charge in [-0.15, -0.1) is 0 Å². The van der Waals surface area contributed by atoms with Gasteiger partial charge in [-0.1, -0.05) is 11.6 Å². The molecule has 1 aliphatic rings. The summed E-state index contributed by atoms with van der Waals surface area (Å²) in [5.41, 5.74) is 0.879. The molecule has 1 saturated heterocycles. The Hall–Kier alpha value is -1.13. The lowest BCUT2D eigenvalue weighted by atomic mass is 9.92. The summed E-state index contributed by atoms with van der Waals surface area (Å²) in [7, 11) is 1.41. The molecule has 1 aromatic rings. The van der Waals surface area contributed by atoms with E-state index in [0.717, 1.165) is 12.2 Å². The third kappa shape index (κ3) is 2.18. The number of carbonyl (C=O) groups is 1. The Labute approximate surface area is 99.0 Å². The first-order valence-electron chi connectivity index (χ1n) is 5.12. The van der Waals surface area contributed by atoms with E-state index < -0.39 is 0 Å². The second-order valence-electron chi connectivity index (χ2n) is 3.80. The van der Waals surface area contributed by atoms with Crippen LogP contribution in [0.3, 0.4) is 0 Å². The van der Waals surface area contributed by atoms with Gasteiger partial charge in [-0.3, -0.25) is 9.78 Å². The predicted molar refractivity (Wildman–Crippen MR) is 60.4 cm³/mol. The lowest BCUT2D eigenvalue weighted by Gasteiger charge is -2.15. The first-order valence-corrected chi connectivity index (χ1v) is 5.50. The standard InChI is InChI=1S/C11H13ClN2O2/c1-16-11(15)9-6-13-5-8(9)10-3-2-7(12)4-14-10/h2-4,8-9,13H,5-6H2,1H3/t8-,9-/m1/s1. The summed E-state index contributed by atoms with van der Waals surface area (Å²) in [6.45, 7) is 1.38. The number of hydrogen-bond acceptors (Lipinski definition) is 4. The number of nitrogens with zero attached hydrogens (tertiary/aromatic N) is 1. The Morgan fingerprint density at radius 1 is 1.56 bits per heavy atom. The van der Waals surface area contributed by atoms with Crippen LogP contribution >= 0.6 is 11.6 Å². The van der Waals surface area contributed by atoms with Crippen molar-refractivity contribution < 1.29 is 9.53 Å². The van der Waals surface area contributed by atoms with Crippen molar-refractivity contribution in [1.29, 1.82) is 0 Å². The summed E-state index contributed by atoms with van der Waals surface area (Å²) in [5, 5.41) is 3.78. The monoisotopic (exact) mass is 240 g/mol. The summed E-state index contributed by atoms with van der Waals surface area (Å²) in [4.78, 5) is 15.8. The average molecular weight is 241 g/mol. The van der Waals surface area contributed by atoms with E-state index >= 15 is 0 Å². The van der Waals surface area contributed by atoms with Gasteiger partial charge in [-0.25, -0.2) is 0 Å². The third-order valence-corrected chi connectivity index (χ3v) is 3.07. The molecule has 1 aliphatic heterocycles. The fourth-order valence-corrected chi connectivity index (χ4v) is 2.11. The Balaban J connectivity index is 2.19. The highest BCUT2D eigenvalue weighted by Crippen LogP contribution is 2.28. The number of aromatic nitrogens is 1. The van der Waals surface area contributed by atoms with Crippen LogP contribution in [0.4, 0.5) is 0 Å². The molecular weight excluding hydrogens is 228 g/mol. The van der Waals surface area contributed by atoms with Crippen molar-refractivity contribution in [2.24, 2.45) is 5.92 Å². The highest BCUT2D eigenvalue weighted by molar-refractivity contribution is 6.30. The van der Waals surface area contributed by atoms with Crippen LogP contribution in [-0.2, 0) is 9.53 Å². The van der Waals surface area contributed by atoms with E-state index in [2.05, 4.69) is 10.3 Å². The normalized spacial score (nSPS) is 24.4. The van der Waals surface area contributed by atoms with Crippen LogP contribution in [0.2, 0.25) is 5.02 Å². The van der Waals surface area contributed by atoms with Gasteiger partial charge in [0.25, 0.3) is 0 Å². The minimum atomic E-state index is -0.188. The highest BCUT2D eigenvalue weighted by Gasteiger charge is 2.35. The lowest BCUT2D eigenvalue weighted by Crippen LogP contribution is -2.23. The Kier molecular flexibility index (Phi) is 3.41. The molecule has 2 atom stereocenters. The summed E-state index contributed by atoms with van der Waals surface area (Å²) in [6.07, 6.45) is 1.60. The first-order chi connectivity index (χ1) is 7.72. The Morgan fingerprint density at radius 3 is 3.00 bits per heavy atom. The molecule has 1 N–H and O–H groups in total. The second kappa shape index (κ2) is 4.80. The van der Waals surface area contributed by atoms with Gasteiger partial charge in [0.15, 0.2) is 0 Å². The molecular formula is C11H13ClN2O2. The maximum atomic E-state index is 11.5. The van der Waals surface area contributed by atoms with Gasteiger partial charge in [-0.05, 0) is 12.1 Å². The van der Waals surface area contributed by atoms with Crippen molar-refractivity contribution in [2.75, 3.05) is 20.2 Å². The van der Waals surface area contributed by atoms with Crippen molar-refractivity contribution in [2.45, 2.75) is 5.92 Å². The number of methoxy groups -OCH3 is 1. The van der Waals surface area contributed by atoms with E-state index in [-0.39, 0.29) is 17.8 Å². The van der Waals surface area contributed by atoms with E-state index in [4.69, 9.17) is 16.3 Å². The molecule has 1 aromatic heterocycles. The van der Waals surface area contributed by atoms with Crippen LogP contribution in [0.25, 0.3) is 0 Å². The molecule has 0 spiro atoms. The first kappa shape index (κ1) is 11.4. The fraction of sp³-hybridized carbons (Fsp3) is 0.455. The number of ether oxygens (including phenoxy) is 1. The summed E-state index contributed by atoms with van der Waals surface area (Å²) >= 11 is 5.77. The summed E-state index contributed by atoms with van der Waals surface area (Å²) < 4.78 is 4.78. The minimum Gasteiger partial charge on any atom is -0.469 e. The van der Waals surface area contributed by atoms with E-state index in [1.165, 1.54) is 7.11 Å². The van der Waals surface area contributed by atoms with Crippen LogP contribution in [0.1, 0.15) is 11.6 Å². The van der Waals surface area contributed by atoms with Gasteiger partial charge in [-0.2, -0.15) is 0 Å². The molecule has 0 unspecified atom stereocenters. The molecule has 0 amide bonds. The molecule has 86 valence electrons. The zero-order valence-electron chi connectivity index (χ0n) is 8.94. The van der Waals surface area contributed by atoms with Crippen LogP contribution in [0, 0.1) is 5.92 Å². The largest absolute Gasteiger partial charge is 0.469 e. The molecule has 1 fully saturated rings. The quantitative estimate of drug-likeness (QED) is 0.790. The summed E-state index contributed by atoms with van der Waals surface area (Å²) in [5.74, 6) is -0.268. The zero-order chi connectivity index (χ0) is 11.5.